The Hall–Kier alpha value is -4.45. The number of imidazole rings is 1. The fourth-order valence-corrected chi connectivity index (χ4v) is 4.85. The quantitative estimate of drug-likeness (QED) is 0.282. The fraction of sp³-hybridized carbons (Fsp3) is 0.333. The molecule has 13 heteroatoms. The van der Waals surface area contributed by atoms with Gasteiger partial charge in [-0.2, -0.15) is 4.98 Å². The summed E-state index contributed by atoms with van der Waals surface area (Å²) >= 11 is 6.74. The van der Waals surface area contributed by atoms with Crippen molar-refractivity contribution in [3.8, 4) is 5.75 Å². The lowest BCUT2D eigenvalue weighted by Gasteiger charge is -2.21. The molecule has 3 aliphatic rings. The van der Waals surface area contributed by atoms with Crippen LogP contribution in [0, 0.1) is 11.3 Å². The molecule has 0 bridgehead atoms. The molecule has 0 saturated heterocycles. The number of aliphatic imine (C=N–C) groups is 1. The molecule has 1 aliphatic heterocycles. The molecule has 3 aromatic rings. The van der Waals surface area contributed by atoms with E-state index in [2.05, 4.69) is 25.6 Å². The summed E-state index contributed by atoms with van der Waals surface area (Å²) in [6.07, 6.45) is 11.5. The summed E-state index contributed by atoms with van der Waals surface area (Å²) in [5.74, 6) is 1.83. The second-order valence-corrected chi connectivity index (χ2v) is 10.6. The Labute approximate surface area is 234 Å². The third-order valence-electron chi connectivity index (χ3n) is 7.20. The van der Waals surface area contributed by atoms with E-state index in [1.54, 1.807) is 36.5 Å². The molecular weight excluding hydrogens is 534 g/mol. The minimum Gasteiger partial charge on any atom is -0.450 e. The van der Waals surface area contributed by atoms with Gasteiger partial charge in [0.25, 0.3) is 5.56 Å². The number of rotatable bonds is 8. The highest BCUT2D eigenvalue weighted by Crippen LogP contribution is 2.40. The topological polar surface area (TPSA) is 143 Å². The third-order valence-corrected chi connectivity index (χ3v) is 7.57. The van der Waals surface area contributed by atoms with Crippen molar-refractivity contribution in [2.75, 3.05) is 12.4 Å². The maximum Gasteiger partial charge on any atom is 0.274 e. The predicted molar refractivity (Wildman–Crippen MR) is 152 cm³/mol. The van der Waals surface area contributed by atoms with Crippen LogP contribution in [0.15, 0.2) is 51.7 Å². The number of pyridine rings is 2. The van der Waals surface area contributed by atoms with Gasteiger partial charge in [0.15, 0.2) is 23.0 Å². The zero-order valence-corrected chi connectivity index (χ0v) is 23.0. The van der Waals surface area contributed by atoms with E-state index in [0.29, 0.717) is 40.2 Å². The molecule has 2 aliphatic carbocycles. The molecule has 206 valence electrons. The van der Waals surface area contributed by atoms with Gasteiger partial charge in [0, 0.05) is 39.5 Å². The van der Waals surface area contributed by atoms with Gasteiger partial charge in [0.1, 0.15) is 21.9 Å². The van der Waals surface area contributed by atoms with E-state index in [9.17, 15) is 9.59 Å². The van der Waals surface area contributed by atoms with Gasteiger partial charge in [-0.3, -0.25) is 14.5 Å². The van der Waals surface area contributed by atoms with Crippen LogP contribution in [-0.2, 0) is 18.9 Å². The minimum atomic E-state index is -0.163. The minimum absolute atomic E-state index is 0.0355. The van der Waals surface area contributed by atoms with Crippen molar-refractivity contribution >= 4 is 52.7 Å². The summed E-state index contributed by atoms with van der Waals surface area (Å²) < 4.78 is 9.25. The maximum absolute atomic E-state index is 12.8. The number of hydrogen-bond acceptors (Lipinski definition) is 9. The molecule has 2 saturated carbocycles. The number of nitrogens with one attached hydrogen (secondary N) is 3. The summed E-state index contributed by atoms with van der Waals surface area (Å²) in [6.45, 7) is 0. The number of allylic oxidation sites excluding steroid dienone is 2. The number of aromatic nitrogens is 4. The Kier molecular flexibility index (Phi) is 6.41. The Balaban J connectivity index is 1.25. The van der Waals surface area contributed by atoms with Crippen LogP contribution in [0.25, 0.3) is 11.2 Å². The normalized spacial score (nSPS) is 17.8. The van der Waals surface area contributed by atoms with Crippen molar-refractivity contribution in [2.24, 2.45) is 25.0 Å². The first-order chi connectivity index (χ1) is 19.2. The SMILES string of the molecule is CN(C(=O)C1CC1)C1=CN/C(=C(\C=N)Oc2cnc3nc(Nc4cc(C5CC5)cn(C)c4=O)n(C)c3c2Cl)C=N1. The number of carbonyl (C=O) groups is 1. The van der Waals surface area contributed by atoms with Crippen LogP contribution in [0.3, 0.4) is 0 Å². The van der Waals surface area contributed by atoms with Gasteiger partial charge in [-0.1, -0.05) is 11.6 Å². The molecule has 40 heavy (non-hydrogen) atoms. The average Bonchev–Trinajstić information content (AvgIpc) is 3.88. The standard InChI is InChI=1S/C27H28ClN9O3/c1-35-13-16(14-4-5-14)8-17(26(35)39)33-27-34-24-23(37(27)3)22(28)20(11-32-24)40-19(9-29)18-10-31-21(12-30-18)36(2)25(38)15-6-7-15/h8-15,29-30H,4-7H2,1-3H3,(H,32,33,34)/b19-18+,29-9?. The molecule has 0 atom stereocenters. The lowest BCUT2D eigenvalue weighted by atomic mass is 10.2. The van der Waals surface area contributed by atoms with E-state index in [4.69, 9.17) is 21.7 Å². The highest BCUT2D eigenvalue weighted by Gasteiger charge is 2.33. The number of aryl methyl sites for hydroxylation is 2. The van der Waals surface area contributed by atoms with Gasteiger partial charge in [-0.05, 0) is 43.2 Å². The van der Waals surface area contributed by atoms with Crippen LogP contribution in [0.4, 0.5) is 11.6 Å². The van der Waals surface area contributed by atoms with E-state index in [0.717, 1.165) is 37.5 Å². The zero-order chi connectivity index (χ0) is 28.1. The van der Waals surface area contributed by atoms with E-state index < -0.39 is 0 Å². The van der Waals surface area contributed by atoms with Crippen LogP contribution in [-0.4, -0.2) is 49.4 Å². The molecule has 3 N–H and O–H groups in total. The Bertz CT molecular complexity index is 1710. The first kappa shape index (κ1) is 25.8. The number of carbonyl (C=O) groups excluding carboxylic acids is 1. The number of halogens is 1. The van der Waals surface area contributed by atoms with E-state index >= 15 is 0 Å². The maximum atomic E-state index is 12.8. The molecular formula is C27H28ClN9O3. The highest BCUT2D eigenvalue weighted by atomic mass is 35.5. The van der Waals surface area contributed by atoms with Crippen LogP contribution in [0.5, 0.6) is 5.75 Å². The molecule has 12 nitrogen and oxygen atoms in total. The van der Waals surface area contributed by atoms with Crippen molar-refractivity contribution in [3.63, 3.8) is 0 Å². The molecule has 0 spiro atoms. The Morgan fingerprint density at radius 3 is 2.73 bits per heavy atom. The monoisotopic (exact) mass is 561 g/mol. The van der Waals surface area contributed by atoms with Crippen LogP contribution < -0.4 is 20.9 Å². The zero-order valence-electron chi connectivity index (χ0n) is 22.2. The molecule has 0 radical (unpaired) electrons. The fourth-order valence-electron chi connectivity index (χ4n) is 4.55. The van der Waals surface area contributed by atoms with Crippen LogP contribution in [0.2, 0.25) is 5.02 Å². The van der Waals surface area contributed by atoms with Crippen molar-refractivity contribution in [1.82, 2.24) is 29.3 Å². The van der Waals surface area contributed by atoms with Crippen LogP contribution in [0.1, 0.15) is 37.2 Å². The number of ether oxygens (including phenoxy) is 1. The molecule has 3 aromatic heterocycles. The third kappa shape index (κ3) is 4.75. The van der Waals surface area contributed by atoms with Gasteiger partial charge >= 0.3 is 0 Å². The summed E-state index contributed by atoms with van der Waals surface area (Å²) in [6, 6.07) is 1.88. The molecule has 6 rings (SSSR count). The first-order valence-corrected chi connectivity index (χ1v) is 13.3. The first-order valence-electron chi connectivity index (χ1n) is 12.9. The molecule has 0 unspecified atom stereocenters. The predicted octanol–water partition coefficient (Wildman–Crippen LogP) is 3.52. The van der Waals surface area contributed by atoms with Gasteiger partial charge in [0.2, 0.25) is 11.9 Å². The lowest BCUT2D eigenvalue weighted by molar-refractivity contribution is -0.129. The van der Waals surface area contributed by atoms with E-state index in [1.807, 2.05) is 12.3 Å². The van der Waals surface area contributed by atoms with Gasteiger partial charge in [-0.25, -0.2) is 9.98 Å². The lowest BCUT2D eigenvalue weighted by Crippen LogP contribution is -2.30. The largest absolute Gasteiger partial charge is 0.450 e. The highest BCUT2D eigenvalue weighted by molar-refractivity contribution is 6.36. The van der Waals surface area contributed by atoms with Crippen molar-refractivity contribution in [1.29, 1.82) is 5.41 Å². The van der Waals surface area contributed by atoms with E-state index in [-0.39, 0.29) is 33.9 Å². The number of hydrogen-bond donors (Lipinski definition) is 3. The molecule has 4 heterocycles. The number of anilines is 2. The summed E-state index contributed by atoms with van der Waals surface area (Å²) in [5, 5.41) is 14.3. The van der Waals surface area contributed by atoms with Crippen molar-refractivity contribution in [2.45, 2.75) is 31.6 Å². The van der Waals surface area contributed by atoms with Gasteiger partial charge in [-0.15, -0.1) is 0 Å². The van der Waals surface area contributed by atoms with Crippen molar-refractivity contribution < 1.29 is 9.53 Å². The summed E-state index contributed by atoms with van der Waals surface area (Å²) in [4.78, 5) is 39.9. The Morgan fingerprint density at radius 1 is 1.30 bits per heavy atom. The molecule has 1 amide bonds. The number of fused-ring (bicyclic) bond motifs is 1. The van der Waals surface area contributed by atoms with Gasteiger partial charge < -0.3 is 29.9 Å². The average molecular weight is 562 g/mol. The number of nitrogens with zero attached hydrogens (tertiary/aromatic N) is 6. The molecule has 2 fully saturated rings. The van der Waals surface area contributed by atoms with Gasteiger partial charge in [0.05, 0.1) is 18.6 Å². The van der Waals surface area contributed by atoms with Crippen molar-refractivity contribution in [3.05, 3.63) is 62.9 Å². The summed E-state index contributed by atoms with van der Waals surface area (Å²) in [5.41, 5.74) is 2.66. The smallest absolute Gasteiger partial charge is 0.274 e. The second kappa shape index (κ2) is 9.94. The van der Waals surface area contributed by atoms with Crippen LogP contribution >= 0.6 is 11.6 Å². The molecule has 0 aromatic carbocycles. The van der Waals surface area contributed by atoms with E-state index in [1.165, 1.54) is 17.3 Å². The number of amides is 1. The Morgan fingerprint density at radius 2 is 2.08 bits per heavy atom. The second-order valence-electron chi connectivity index (χ2n) is 10.2. The summed E-state index contributed by atoms with van der Waals surface area (Å²) in [7, 11) is 5.19.